The van der Waals surface area contributed by atoms with Crippen molar-refractivity contribution in [3.05, 3.63) is 0 Å². The molecule has 0 aromatic carbocycles. The number of carbonyl (C=O) groups is 1. The number of halogens is 2. The molecule has 11 heavy (non-hydrogen) atoms. The topological polar surface area (TPSA) is 64.3 Å². The third kappa shape index (κ3) is 7.35. The summed E-state index contributed by atoms with van der Waals surface area (Å²) >= 11 is 0. The van der Waals surface area contributed by atoms with Gasteiger partial charge in [0.25, 0.3) is 0 Å². The Balaban J connectivity index is 0. The number of carbonyl (C=O) groups excluding carboxylic acids is 1. The van der Waals surface area contributed by atoms with E-state index in [0.717, 1.165) is 0 Å². The van der Waals surface area contributed by atoms with Crippen LogP contribution in [0.1, 0.15) is 0 Å². The van der Waals surface area contributed by atoms with Gasteiger partial charge >= 0.3 is 6.09 Å². The number of nitrogens with one attached hydrogen (secondary N) is 1. The molecular formula is C5H12ClFN2O2. The fraction of sp³-hybridized carbons (Fsp3) is 0.800. The van der Waals surface area contributed by atoms with E-state index in [1.165, 1.54) is 7.05 Å². The molecule has 0 saturated carbocycles. The number of alkyl halides is 1. The van der Waals surface area contributed by atoms with Gasteiger partial charge in [0.1, 0.15) is 12.8 Å². The zero-order valence-corrected chi connectivity index (χ0v) is 6.99. The van der Waals surface area contributed by atoms with E-state index in [-0.39, 0.29) is 25.6 Å². The molecule has 1 unspecified atom stereocenters. The maximum absolute atomic E-state index is 12.2. The van der Waals surface area contributed by atoms with Crippen LogP contribution in [-0.4, -0.2) is 32.5 Å². The predicted molar refractivity (Wildman–Crippen MR) is 41.6 cm³/mol. The summed E-state index contributed by atoms with van der Waals surface area (Å²) in [6.07, 6.45) is -1.91. The summed E-state index contributed by atoms with van der Waals surface area (Å²) < 4.78 is 16.5. The lowest BCUT2D eigenvalue weighted by molar-refractivity contribution is 0.116. The molecule has 1 atom stereocenters. The standard InChI is InChI=1S/C5H11FN2O2.ClH/c1-8-5(9)10-3-4(6)2-7;/h4H,2-3,7H2,1H3,(H,8,9);1H. The van der Waals surface area contributed by atoms with Gasteiger partial charge in [0.15, 0.2) is 0 Å². The van der Waals surface area contributed by atoms with Gasteiger partial charge in [-0.3, -0.25) is 0 Å². The van der Waals surface area contributed by atoms with Crippen molar-refractivity contribution < 1.29 is 13.9 Å². The summed E-state index contributed by atoms with van der Waals surface area (Å²) in [4.78, 5) is 10.3. The summed E-state index contributed by atoms with van der Waals surface area (Å²) in [6, 6.07) is 0. The molecule has 0 rings (SSSR count). The minimum Gasteiger partial charge on any atom is -0.446 e. The zero-order valence-electron chi connectivity index (χ0n) is 6.17. The largest absolute Gasteiger partial charge is 0.446 e. The summed E-state index contributed by atoms with van der Waals surface area (Å²) in [6.45, 7) is -0.410. The highest BCUT2D eigenvalue weighted by Crippen LogP contribution is 1.88. The van der Waals surface area contributed by atoms with E-state index < -0.39 is 12.3 Å². The van der Waals surface area contributed by atoms with Crippen molar-refractivity contribution in [3.8, 4) is 0 Å². The molecule has 68 valence electrons. The molecule has 0 aromatic rings. The number of alkyl carbamates (subject to hydrolysis) is 1. The zero-order chi connectivity index (χ0) is 7.98. The fourth-order valence-electron chi connectivity index (χ4n) is 0.306. The quantitative estimate of drug-likeness (QED) is 0.655. The number of nitrogens with two attached hydrogens (primary N) is 1. The van der Waals surface area contributed by atoms with Gasteiger partial charge in [-0.2, -0.15) is 0 Å². The van der Waals surface area contributed by atoms with Gasteiger partial charge in [-0.15, -0.1) is 12.4 Å². The summed E-state index contributed by atoms with van der Waals surface area (Å²) in [5.74, 6) is 0. The molecule has 3 N–H and O–H groups in total. The van der Waals surface area contributed by atoms with Gasteiger partial charge in [-0.05, 0) is 0 Å². The third-order valence-electron chi connectivity index (χ3n) is 0.855. The number of ether oxygens (including phenoxy) is 1. The van der Waals surface area contributed by atoms with Gasteiger partial charge in [0, 0.05) is 13.6 Å². The van der Waals surface area contributed by atoms with Crippen LogP contribution in [0.5, 0.6) is 0 Å². The smallest absolute Gasteiger partial charge is 0.406 e. The van der Waals surface area contributed by atoms with E-state index in [0.29, 0.717) is 0 Å². The Labute approximate surface area is 70.7 Å². The predicted octanol–water partition coefficient (Wildman–Crippen LogP) is 0.0610. The molecule has 4 nitrogen and oxygen atoms in total. The Bertz CT molecular complexity index is 115. The molecule has 0 aromatic heterocycles. The van der Waals surface area contributed by atoms with E-state index >= 15 is 0 Å². The summed E-state index contributed by atoms with van der Waals surface area (Å²) in [5, 5.41) is 2.18. The molecule has 0 aliphatic rings. The molecule has 0 radical (unpaired) electrons. The third-order valence-corrected chi connectivity index (χ3v) is 0.855. The van der Waals surface area contributed by atoms with E-state index in [4.69, 9.17) is 5.73 Å². The Morgan fingerprint density at radius 3 is 2.73 bits per heavy atom. The van der Waals surface area contributed by atoms with Crippen molar-refractivity contribution >= 4 is 18.5 Å². The van der Waals surface area contributed by atoms with Crippen molar-refractivity contribution in [3.63, 3.8) is 0 Å². The molecule has 6 heteroatoms. The molecule has 0 heterocycles. The number of amides is 1. The fourth-order valence-corrected chi connectivity index (χ4v) is 0.306. The van der Waals surface area contributed by atoms with Crippen LogP contribution in [0, 0.1) is 0 Å². The summed E-state index contributed by atoms with van der Waals surface area (Å²) in [7, 11) is 1.40. The highest BCUT2D eigenvalue weighted by Gasteiger charge is 2.05. The second kappa shape index (κ2) is 7.56. The van der Waals surface area contributed by atoms with Gasteiger partial charge < -0.3 is 15.8 Å². The SMILES string of the molecule is CNC(=O)OCC(F)CN.Cl. The van der Waals surface area contributed by atoms with Crippen LogP contribution in [0.25, 0.3) is 0 Å². The number of rotatable bonds is 3. The molecule has 0 bridgehead atoms. The van der Waals surface area contributed by atoms with Crippen LogP contribution in [0.2, 0.25) is 0 Å². The van der Waals surface area contributed by atoms with Crippen LogP contribution in [-0.2, 0) is 4.74 Å². The first-order valence-electron chi connectivity index (χ1n) is 2.89. The van der Waals surface area contributed by atoms with Crippen LogP contribution < -0.4 is 11.1 Å². The second-order valence-electron chi connectivity index (χ2n) is 1.68. The lowest BCUT2D eigenvalue weighted by Gasteiger charge is -2.05. The monoisotopic (exact) mass is 186 g/mol. The lowest BCUT2D eigenvalue weighted by atomic mass is 10.4. The molecule has 0 aliphatic heterocycles. The minimum atomic E-state index is -1.27. The molecule has 0 spiro atoms. The Kier molecular flexibility index (Phi) is 8.98. The first-order chi connectivity index (χ1) is 4.70. The van der Waals surface area contributed by atoms with Crippen molar-refractivity contribution in [2.75, 3.05) is 20.2 Å². The first-order valence-corrected chi connectivity index (χ1v) is 2.89. The molecule has 0 saturated heterocycles. The Morgan fingerprint density at radius 1 is 1.82 bits per heavy atom. The lowest BCUT2D eigenvalue weighted by Crippen LogP contribution is -2.27. The van der Waals surface area contributed by atoms with Gasteiger partial charge in [0.2, 0.25) is 0 Å². The molecule has 0 aliphatic carbocycles. The van der Waals surface area contributed by atoms with E-state index in [9.17, 15) is 9.18 Å². The van der Waals surface area contributed by atoms with Crippen molar-refractivity contribution in [2.45, 2.75) is 6.17 Å². The Hall–Kier alpha value is -0.550. The molecule has 1 amide bonds. The van der Waals surface area contributed by atoms with Crippen LogP contribution >= 0.6 is 12.4 Å². The van der Waals surface area contributed by atoms with Crippen molar-refractivity contribution in [1.82, 2.24) is 5.32 Å². The average Bonchev–Trinajstić information content (AvgIpc) is 1.99. The molecular weight excluding hydrogens is 175 g/mol. The minimum absolute atomic E-state index is 0. The van der Waals surface area contributed by atoms with Gasteiger partial charge in [0.05, 0.1) is 0 Å². The van der Waals surface area contributed by atoms with E-state index in [1.807, 2.05) is 0 Å². The van der Waals surface area contributed by atoms with E-state index in [1.54, 1.807) is 0 Å². The summed E-state index contributed by atoms with van der Waals surface area (Å²) in [5.41, 5.74) is 4.91. The van der Waals surface area contributed by atoms with Crippen molar-refractivity contribution in [1.29, 1.82) is 0 Å². The number of hydrogen-bond acceptors (Lipinski definition) is 3. The number of hydrogen-bond donors (Lipinski definition) is 2. The van der Waals surface area contributed by atoms with Gasteiger partial charge in [-0.1, -0.05) is 0 Å². The normalized spacial score (nSPS) is 11.2. The maximum Gasteiger partial charge on any atom is 0.406 e. The average molecular weight is 187 g/mol. The van der Waals surface area contributed by atoms with Gasteiger partial charge in [-0.25, -0.2) is 9.18 Å². The van der Waals surface area contributed by atoms with E-state index in [2.05, 4.69) is 10.1 Å². The van der Waals surface area contributed by atoms with Crippen LogP contribution in [0.4, 0.5) is 9.18 Å². The van der Waals surface area contributed by atoms with Crippen LogP contribution in [0.15, 0.2) is 0 Å². The van der Waals surface area contributed by atoms with Crippen LogP contribution in [0.3, 0.4) is 0 Å². The maximum atomic E-state index is 12.2. The molecule has 0 fully saturated rings. The second-order valence-corrected chi connectivity index (χ2v) is 1.68. The Morgan fingerprint density at radius 2 is 2.36 bits per heavy atom. The highest BCUT2D eigenvalue weighted by atomic mass is 35.5. The van der Waals surface area contributed by atoms with Crippen molar-refractivity contribution in [2.24, 2.45) is 5.73 Å². The first kappa shape index (κ1) is 13.1. The highest BCUT2D eigenvalue weighted by molar-refractivity contribution is 5.85.